The van der Waals surface area contributed by atoms with Gasteiger partial charge in [0.1, 0.15) is 5.69 Å². The maximum atomic E-state index is 12.2. The molecule has 1 atom stereocenters. The van der Waals surface area contributed by atoms with Crippen molar-refractivity contribution in [3.8, 4) is 0 Å². The van der Waals surface area contributed by atoms with Gasteiger partial charge in [0.05, 0.1) is 6.04 Å². The highest BCUT2D eigenvalue weighted by Crippen LogP contribution is 2.09. The summed E-state index contributed by atoms with van der Waals surface area (Å²) in [6.45, 7) is 4.14. The number of amides is 2. The molecule has 22 heavy (non-hydrogen) atoms. The van der Waals surface area contributed by atoms with Gasteiger partial charge in [0.2, 0.25) is 5.91 Å². The monoisotopic (exact) mass is 326 g/mol. The fourth-order valence-corrected chi connectivity index (χ4v) is 2.45. The Kier molecular flexibility index (Phi) is 7.27. The van der Waals surface area contributed by atoms with Crippen molar-refractivity contribution >= 4 is 24.2 Å². The molecule has 2 heterocycles. The summed E-state index contributed by atoms with van der Waals surface area (Å²) < 4.78 is 0. The molecule has 1 aliphatic rings. The molecule has 1 saturated heterocycles. The number of halogens is 1. The molecule has 6 nitrogen and oxygen atoms in total. The molecule has 1 aromatic rings. The van der Waals surface area contributed by atoms with Crippen molar-refractivity contribution < 1.29 is 9.59 Å². The van der Waals surface area contributed by atoms with Crippen LogP contribution in [0.4, 0.5) is 0 Å². The average molecular weight is 327 g/mol. The molecule has 2 rings (SSSR count). The van der Waals surface area contributed by atoms with Gasteiger partial charge in [-0.05, 0) is 18.6 Å². The third kappa shape index (κ3) is 4.42. The molecular formula is C15H23ClN4O2. The summed E-state index contributed by atoms with van der Waals surface area (Å²) in [5.41, 5.74) is 6.31. The zero-order valence-electron chi connectivity index (χ0n) is 12.8. The van der Waals surface area contributed by atoms with Gasteiger partial charge in [-0.1, -0.05) is 19.4 Å². The van der Waals surface area contributed by atoms with Crippen LogP contribution in [0.2, 0.25) is 0 Å². The molecule has 1 aliphatic heterocycles. The fraction of sp³-hybridized carbons (Fsp3) is 0.533. The van der Waals surface area contributed by atoms with Gasteiger partial charge in [0, 0.05) is 32.4 Å². The first-order valence-corrected chi connectivity index (χ1v) is 7.38. The summed E-state index contributed by atoms with van der Waals surface area (Å²) in [4.78, 5) is 31.9. The van der Waals surface area contributed by atoms with Crippen LogP contribution in [0, 0.1) is 0 Å². The highest BCUT2D eigenvalue weighted by atomic mass is 35.5. The molecular weight excluding hydrogens is 304 g/mol. The van der Waals surface area contributed by atoms with Gasteiger partial charge in [-0.3, -0.25) is 14.6 Å². The number of carbonyl (C=O) groups is 2. The number of piperazine rings is 1. The molecule has 0 bridgehead atoms. The Labute approximate surface area is 137 Å². The lowest BCUT2D eigenvalue weighted by Gasteiger charge is -2.35. The minimum absolute atomic E-state index is 0. The number of nitrogens with zero attached hydrogens (tertiary/aromatic N) is 3. The lowest BCUT2D eigenvalue weighted by atomic mass is 10.1. The Morgan fingerprint density at radius 2 is 1.86 bits per heavy atom. The van der Waals surface area contributed by atoms with Crippen LogP contribution in [0.1, 0.15) is 30.3 Å². The molecule has 1 unspecified atom stereocenters. The zero-order valence-corrected chi connectivity index (χ0v) is 13.6. The van der Waals surface area contributed by atoms with Crippen molar-refractivity contribution in [2.75, 3.05) is 26.2 Å². The van der Waals surface area contributed by atoms with E-state index >= 15 is 0 Å². The lowest BCUT2D eigenvalue weighted by Crippen LogP contribution is -2.54. The van der Waals surface area contributed by atoms with E-state index in [1.807, 2.05) is 6.92 Å². The molecule has 1 fully saturated rings. The highest BCUT2D eigenvalue weighted by Gasteiger charge is 2.27. The van der Waals surface area contributed by atoms with Crippen molar-refractivity contribution in [3.05, 3.63) is 30.1 Å². The maximum Gasteiger partial charge on any atom is 0.272 e. The van der Waals surface area contributed by atoms with Gasteiger partial charge in [-0.2, -0.15) is 0 Å². The minimum atomic E-state index is -0.423. The molecule has 7 heteroatoms. The van der Waals surface area contributed by atoms with Gasteiger partial charge in [-0.15, -0.1) is 12.4 Å². The van der Waals surface area contributed by atoms with Crippen LogP contribution in [0.15, 0.2) is 24.4 Å². The molecule has 0 radical (unpaired) electrons. The van der Waals surface area contributed by atoms with Crippen LogP contribution >= 0.6 is 12.4 Å². The summed E-state index contributed by atoms with van der Waals surface area (Å²) in [6, 6.07) is 4.86. The Hall–Kier alpha value is -1.66. The van der Waals surface area contributed by atoms with Crippen molar-refractivity contribution in [3.63, 3.8) is 0 Å². The van der Waals surface area contributed by atoms with E-state index < -0.39 is 6.04 Å². The number of hydrogen-bond donors (Lipinski definition) is 1. The van der Waals surface area contributed by atoms with Crippen LogP contribution < -0.4 is 5.73 Å². The fourth-order valence-electron chi connectivity index (χ4n) is 2.45. The Morgan fingerprint density at radius 1 is 1.23 bits per heavy atom. The highest BCUT2D eigenvalue weighted by molar-refractivity contribution is 5.92. The second-order valence-corrected chi connectivity index (χ2v) is 5.23. The summed E-state index contributed by atoms with van der Waals surface area (Å²) in [6.07, 6.45) is 3.20. The quantitative estimate of drug-likeness (QED) is 0.892. The Morgan fingerprint density at radius 3 is 2.41 bits per heavy atom. The number of carbonyl (C=O) groups excluding carboxylic acids is 2. The number of hydrogen-bond acceptors (Lipinski definition) is 4. The summed E-state index contributed by atoms with van der Waals surface area (Å²) in [5.74, 6) is -0.0951. The van der Waals surface area contributed by atoms with E-state index in [2.05, 4.69) is 4.98 Å². The van der Waals surface area contributed by atoms with Crippen molar-refractivity contribution in [2.45, 2.75) is 25.8 Å². The summed E-state index contributed by atoms with van der Waals surface area (Å²) in [5, 5.41) is 0. The number of nitrogens with two attached hydrogens (primary N) is 1. The van der Waals surface area contributed by atoms with E-state index in [1.165, 1.54) is 0 Å². The van der Waals surface area contributed by atoms with Crippen LogP contribution in [0.25, 0.3) is 0 Å². The Balaban J connectivity index is 0.00000242. The number of rotatable bonds is 4. The van der Waals surface area contributed by atoms with Gasteiger partial charge < -0.3 is 15.5 Å². The molecule has 0 spiro atoms. The first-order chi connectivity index (χ1) is 10.1. The van der Waals surface area contributed by atoms with Gasteiger partial charge in [0.25, 0.3) is 5.91 Å². The molecule has 2 amide bonds. The third-order valence-electron chi connectivity index (χ3n) is 3.68. The van der Waals surface area contributed by atoms with Crippen molar-refractivity contribution in [1.82, 2.24) is 14.8 Å². The van der Waals surface area contributed by atoms with Gasteiger partial charge in [-0.25, -0.2) is 0 Å². The van der Waals surface area contributed by atoms with E-state index in [9.17, 15) is 9.59 Å². The molecule has 122 valence electrons. The van der Waals surface area contributed by atoms with Gasteiger partial charge >= 0.3 is 0 Å². The van der Waals surface area contributed by atoms with E-state index in [0.29, 0.717) is 38.3 Å². The second kappa shape index (κ2) is 8.70. The normalized spacial score (nSPS) is 15.9. The largest absolute Gasteiger partial charge is 0.338 e. The van der Waals surface area contributed by atoms with E-state index in [4.69, 9.17) is 5.73 Å². The summed E-state index contributed by atoms with van der Waals surface area (Å²) in [7, 11) is 0. The molecule has 2 N–H and O–H groups in total. The zero-order chi connectivity index (χ0) is 15.2. The molecule has 1 aromatic heterocycles. The topological polar surface area (TPSA) is 79.5 Å². The second-order valence-electron chi connectivity index (χ2n) is 5.23. The predicted octanol–water partition coefficient (Wildman–Crippen LogP) is 0.915. The third-order valence-corrected chi connectivity index (χ3v) is 3.68. The maximum absolute atomic E-state index is 12.2. The van der Waals surface area contributed by atoms with Crippen molar-refractivity contribution in [1.29, 1.82) is 0 Å². The van der Waals surface area contributed by atoms with E-state index in [1.54, 1.807) is 34.2 Å². The molecule has 0 aliphatic carbocycles. The first-order valence-electron chi connectivity index (χ1n) is 7.38. The molecule has 0 aromatic carbocycles. The first kappa shape index (κ1) is 18.4. The predicted molar refractivity (Wildman–Crippen MR) is 86.9 cm³/mol. The van der Waals surface area contributed by atoms with Crippen LogP contribution in [0.5, 0.6) is 0 Å². The average Bonchev–Trinajstić information content (AvgIpc) is 2.54. The molecule has 0 saturated carbocycles. The van der Waals surface area contributed by atoms with Crippen LogP contribution in [-0.4, -0.2) is 58.8 Å². The van der Waals surface area contributed by atoms with Gasteiger partial charge in [0.15, 0.2) is 0 Å². The smallest absolute Gasteiger partial charge is 0.272 e. The van der Waals surface area contributed by atoms with Crippen molar-refractivity contribution in [2.24, 2.45) is 5.73 Å². The van der Waals surface area contributed by atoms with E-state index in [-0.39, 0.29) is 24.2 Å². The summed E-state index contributed by atoms with van der Waals surface area (Å²) >= 11 is 0. The SMILES string of the molecule is CCCC(N)C(=O)N1CCN(C(=O)c2ccccn2)CC1.Cl. The number of pyridine rings is 1. The number of aromatic nitrogens is 1. The van der Waals surface area contributed by atoms with Crippen LogP contribution in [-0.2, 0) is 4.79 Å². The van der Waals surface area contributed by atoms with Crippen LogP contribution in [0.3, 0.4) is 0 Å². The lowest BCUT2D eigenvalue weighted by molar-refractivity contribution is -0.134. The standard InChI is InChI=1S/C15H22N4O2.ClH/c1-2-5-12(16)14(20)18-8-10-19(11-9-18)15(21)13-6-3-4-7-17-13;/h3-4,6-7,12H,2,5,8-11,16H2,1H3;1H. The minimum Gasteiger partial charge on any atom is -0.338 e. The Bertz CT molecular complexity index is 490. The van der Waals surface area contributed by atoms with E-state index in [0.717, 1.165) is 6.42 Å².